The number of rotatable bonds is 6. The highest BCUT2D eigenvalue weighted by molar-refractivity contribution is 7.98. The Kier molecular flexibility index (Phi) is 6.54. The number of aromatic nitrogens is 3. The van der Waals surface area contributed by atoms with Gasteiger partial charge < -0.3 is 0 Å². The standard InChI is InChI=1S/C18H13Cl4N3S/c1-2-7-25-17(12-4-6-14(20)16(22)9-12)23-24-18(25)26-10-11-3-5-13(19)15(21)8-11/h2-6,8-9H,1,7,10H2. The summed E-state index contributed by atoms with van der Waals surface area (Å²) in [5.41, 5.74) is 1.89. The van der Waals surface area contributed by atoms with Crippen LogP contribution in [0.25, 0.3) is 11.4 Å². The first-order valence-electron chi connectivity index (χ1n) is 7.56. The first-order chi connectivity index (χ1) is 12.5. The first kappa shape index (κ1) is 19.6. The molecule has 0 atom stereocenters. The maximum Gasteiger partial charge on any atom is 0.192 e. The van der Waals surface area contributed by atoms with Crippen molar-refractivity contribution in [3.05, 3.63) is 74.7 Å². The van der Waals surface area contributed by atoms with E-state index in [0.717, 1.165) is 16.3 Å². The normalized spacial score (nSPS) is 10.9. The van der Waals surface area contributed by atoms with Gasteiger partial charge in [0.15, 0.2) is 11.0 Å². The lowest BCUT2D eigenvalue weighted by Gasteiger charge is -2.09. The third kappa shape index (κ3) is 4.38. The smallest absolute Gasteiger partial charge is 0.192 e. The summed E-state index contributed by atoms with van der Waals surface area (Å²) >= 11 is 25.7. The number of allylic oxidation sites excluding steroid dienone is 1. The lowest BCUT2D eigenvalue weighted by molar-refractivity contribution is 0.731. The van der Waals surface area contributed by atoms with Gasteiger partial charge in [0, 0.05) is 17.9 Å². The van der Waals surface area contributed by atoms with Gasteiger partial charge in [-0.15, -0.1) is 16.8 Å². The number of halogens is 4. The minimum atomic E-state index is 0.474. The number of hydrogen-bond acceptors (Lipinski definition) is 3. The fourth-order valence-corrected chi connectivity index (χ4v) is 3.82. The zero-order valence-electron chi connectivity index (χ0n) is 13.4. The molecule has 3 aromatic rings. The van der Waals surface area contributed by atoms with Crippen molar-refractivity contribution in [2.75, 3.05) is 0 Å². The number of benzene rings is 2. The van der Waals surface area contributed by atoms with E-state index in [4.69, 9.17) is 46.4 Å². The van der Waals surface area contributed by atoms with Crippen molar-refractivity contribution in [3.8, 4) is 11.4 Å². The number of thioether (sulfide) groups is 1. The molecule has 26 heavy (non-hydrogen) atoms. The average Bonchev–Trinajstić information content (AvgIpc) is 3.01. The lowest BCUT2D eigenvalue weighted by atomic mass is 10.2. The average molecular weight is 445 g/mol. The zero-order chi connectivity index (χ0) is 18.7. The molecular formula is C18H13Cl4N3S. The molecule has 0 radical (unpaired) electrons. The van der Waals surface area contributed by atoms with Crippen LogP contribution in [0.1, 0.15) is 5.56 Å². The molecule has 3 nitrogen and oxygen atoms in total. The maximum atomic E-state index is 6.13. The highest BCUT2D eigenvalue weighted by Crippen LogP contribution is 2.31. The second-order valence-corrected chi connectivity index (χ2v) is 7.94. The van der Waals surface area contributed by atoms with E-state index < -0.39 is 0 Å². The van der Waals surface area contributed by atoms with E-state index in [9.17, 15) is 0 Å². The van der Waals surface area contributed by atoms with Crippen molar-refractivity contribution in [2.24, 2.45) is 0 Å². The molecule has 0 aliphatic heterocycles. The van der Waals surface area contributed by atoms with Crippen molar-refractivity contribution in [1.29, 1.82) is 0 Å². The minimum absolute atomic E-state index is 0.474. The Morgan fingerprint density at radius 1 is 0.923 bits per heavy atom. The van der Waals surface area contributed by atoms with Gasteiger partial charge in [0.1, 0.15) is 0 Å². The first-order valence-corrected chi connectivity index (χ1v) is 10.1. The summed E-state index contributed by atoms with van der Waals surface area (Å²) in [5, 5.41) is 11.5. The van der Waals surface area contributed by atoms with Crippen LogP contribution in [-0.2, 0) is 12.3 Å². The van der Waals surface area contributed by atoms with Gasteiger partial charge in [0.05, 0.1) is 20.1 Å². The molecule has 0 unspecified atom stereocenters. The number of hydrogen-bond donors (Lipinski definition) is 0. The second-order valence-electron chi connectivity index (χ2n) is 5.37. The Bertz CT molecular complexity index is 956. The van der Waals surface area contributed by atoms with Gasteiger partial charge in [-0.2, -0.15) is 0 Å². The Morgan fingerprint density at radius 2 is 1.62 bits per heavy atom. The fraction of sp³-hybridized carbons (Fsp3) is 0.111. The van der Waals surface area contributed by atoms with Crippen LogP contribution >= 0.6 is 58.2 Å². The topological polar surface area (TPSA) is 30.7 Å². The van der Waals surface area contributed by atoms with Crippen molar-refractivity contribution in [3.63, 3.8) is 0 Å². The minimum Gasteiger partial charge on any atom is -0.298 e. The molecule has 3 rings (SSSR count). The van der Waals surface area contributed by atoms with E-state index in [1.807, 2.05) is 22.8 Å². The summed E-state index contributed by atoms with van der Waals surface area (Å²) in [6, 6.07) is 11.0. The van der Waals surface area contributed by atoms with Crippen LogP contribution in [0.15, 0.2) is 54.2 Å². The molecule has 0 amide bonds. The highest BCUT2D eigenvalue weighted by atomic mass is 35.5. The monoisotopic (exact) mass is 443 g/mol. The van der Waals surface area contributed by atoms with Gasteiger partial charge in [0.2, 0.25) is 0 Å². The molecule has 2 aromatic carbocycles. The van der Waals surface area contributed by atoms with E-state index in [1.54, 1.807) is 36.0 Å². The van der Waals surface area contributed by atoms with Gasteiger partial charge in [-0.3, -0.25) is 4.57 Å². The van der Waals surface area contributed by atoms with Crippen molar-refractivity contribution in [1.82, 2.24) is 14.8 Å². The van der Waals surface area contributed by atoms with E-state index in [1.165, 1.54) is 0 Å². The maximum absolute atomic E-state index is 6.13. The van der Waals surface area contributed by atoms with Gasteiger partial charge in [0.25, 0.3) is 0 Å². The van der Waals surface area contributed by atoms with Crippen molar-refractivity contribution >= 4 is 58.2 Å². The van der Waals surface area contributed by atoms with E-state index in [0.29, 0.717) is 38.2 Å². The molecule has 0 saturated heterocycles. The number of nitrogens with zero attached hydrogens (tertiary/aromatic N) is 3. The van der Waals surface area contributed by atoms with Gasteiger partial charge >= 0.3 is 0 Å². The van der Waals surface area contributed by atoms with Crippen LogP contribution in [0, 0.1) is 0 Å². The largest absolute Gasteiger partial charge is 0.298 e. The summed E-state index contributed by atoms with van der Waals surface area (Å²) in [6.45, 7) is 4.39. The molecular weight excluding hydrogens is 432 g/mol. The molecule has 0 aliphatic carbocycles. The SMILES string of the molecule is C=CCn1c(SCc2ccc(Cl)c(Cl)c2)nnc1-c1ccc(Cl)c(Cl)c1. The van der Waals surface area contributed by atoms with Gasteiger partial charge in [-0.25, -0.2) is 0 Å². The highest BCUT2D eigenvalue weighted by Gasteiger charge is 2.15. The van der Waals surface area contributed by atoms with Crippen molar-refractivity contribution < 1.29 is 0 Å². The van der Waals surface area contributed by atoms with Gasteiger partial charge in [-0.05, 0) is 35.9 Å². The van der Waals surface area contributed by atoms with E-state index >= 15 is 0 Å². The third-order valence-electron chi connectivity index (χ3n) is 3.56. The Hall–Kier alpha value is -1.17. The fourth-order valence-electron chi connectivity index (χ4n) is 2.32. The summed E-state index contributed by atoms with van der Waals surface area (Å²) < 4.78 is 1.98. The molecule has 0 N–H and O–H groups in total. The molecule has 0 fully saturated rings. The van der Waals surface area contributed by atoms with Crippen LogP contribution in [0.3, 0.4) is 0 Å². The Morgan fingerprint density at radius 3 is 2.27 bits per heavy atom. The molecule has 1 heterocycles. The zero-order valence-corrected chi connectivity index (χ0v) is 17.3. The molecule has 0 spiro atoms. The summed E-state index contributed by atoms with van der Waals surface area (Å²) in [5.74, 6) is 1.40. The molecule has 0 saturated carbocycles. The summed E-state index contributed by atoms with van der Waals surface area (Å²) in [7, 11) is 0. The van der Waals surface area contributed by atoms with E-state index in [-0.39, 0.29) is 0 Å². The third-order valence-corrected chi connectivity index (χ3v) is 6.07. The van der Waals surface area contributed by atoms with Gasteiger partial charge in [-0.1, -0.05) is 70.3 Å². The second kappa shape index (κ2) is 8.68. The molecule has 0 bridgehead atoms. The Labute approximate surface area is 175 Å². The lowest BCUT2D eigenvalue weighted by Crippen LogP contribution is -2.00. The van der Waals surface area contributed by atoms with Crippen LogP contribution < -0.4 is 0 Å². The van der Waals surface area contributed by atoms with Crippen LogP contribution in [0.2, 0.25) is 20.1 Å². The predicted molar refractivity (Wildman–Crippen MR) is 112 cm³/mol. The molecule has 0 aliphatic rings. The molecule has 8 heteroatoms. The van der Waals surface area contributed by atoms with Crippen molar-refractivity contribution in [2.45, 2.75) is 17.5 Å². The van der Waals surface area contributed by atoms with Crippen LogP contribution in [0.4, 0.5) is 0 Å². The van der Waals surface area contributed by atoms with E-state index in [2.05, 4.69) is 16.8 Å². The summed E-state index contributed by atoms with van der Waals surface area (Å²) in [4.78, 5) is 0. The van der Waals surface area contributed by atoms with Crippen LogP contribution in [0.5, 0.6) is 0 Å². The molecule has 134 valence electrons. The Balaban J connectivity index is 1.87. The van der Waals surface area contributed by atoms with Crippen LogP contribution in [-0.4, -0.2) is 14.8 Å². The predicted octanol–water partition coefficient (Wildman–Crippen LogP) is 7.04. The quantitative estimate of drug-likeness (QED) is 0.301. The summed E-state index contributed by atoms with van der Waals surface area (Å²) in [6.07, 6.45) is 1.80. The molecule has 1 aromatic heterocycles.